The normalized spacial score (nSPS) is 13.0. The van der Waals surface area contributed by atoms with Crippen LogP contribution in [-0.2, 0) is 23.7 Å². The number of likely N-dealkylation sites (N-methyl/N-ethyl adjacent to an activating group) is 2. The topological polar surface area (TPSA) is 93.2 Å². The minimum Gasteiger partial charge on any atom is -0.419 e. The van der Waals surface area contributed by atoms with E-state index in [2.05, 4.69) is 0 Å². The van der Waals surface area contributed by atoms with Gasteiger partial charge in [0.1, 0.15) is 12.4 Å². The zero-order valence-corrected chi connectivity index (χ0v) is 17.8. The van der Waals surface area contributed by atoms with Gasteiger partial charge >= 0.3 is 18.5 Å². The SMILES string of the molecule is COCC(=O)N(C)P(=O)(SCC(C)C)N(C)C(=O)C(=O)Oc1ccccc1. The van der Waals surface area contributed by atoms with Crippen LogP contribution in [0.3, 0.4) is 0 Å². The largest absolute Gasteiger partial charge is 0.419 e. The highest BCUT2D eigenvalue weighted by Crippen LogP contribution is 2.63. The Hall–Kier alpha value is -1.83. The predicted octanol–water partition coefficient (Wildman–Crippen LogP) is 2.65. The van der Waals surface area contributed by atoms with Crippen molar-refractivity contribution in [1.82, 2.24) is 9.34 Å². The third-order valence-corrected chi connectivity index (χ3v) is 9.38. The van der Waals surface area contributed by atoms with Crippen molar-refractivity contribution < 1.29 is 28.4 Å². The van der Waals surface area contributed by atoms with Crippen molar-refractivity contribution in [2.24, 2.45) is 5.92 Å². The zero-order valence-electron chi connectivity index (χ0n) is 16.1. The minimum absolute atomic E-state index is 0.161. The molecule has 1 atom stereocenters. The van der Waals surface area contributed by atoms with Crippen molar-refractivity contribution in [1.29, 1.82) is 0 Å². The van der Waals surface area contributed by atoms with Crippen molar-refractivity contribution >= 4 is 35.8 Å². The number of methoxy groups -OCH3 is 1. The van der Waals surface area contributed by atoms with Crippen molar-refractivity contribution in [3.63, 3.8) is 0 Å². The number of ether oxygens (including phenoxy) is 2. The molecule has 0 heterocycles. The number of carbonyl (C=O) groups is 3. The number of hydrogen-bond acceptors (Lipinski definition) is 7. The maximum Gasteiger partial charge on any atom is 0.402 e. The standard InChI is InChI=1S/C17H25N2O6PS/c1-13(2)12-27-26(23,18(3)15(20)11-24-5)19(4)16(21)17(22)25-14-9-7-6-8-10-14/h6-10,13H,11-12H2,1-5H3. The molecule has 0 aliphatic rings. The van der Waals surface area contributed by atoms with Crippen LogP contribution in [0.25, 0.3) is 0 Å². The number of amides is 2. The first-order valence-corrected chi connectivity index (χ1v) is 11.4. The van der Waals surface area contributed by atoms with Gasteiger partial charge in [-0.25, -0.2) is 4.79 Å². The monoisotopic (exact) mass is 416 g/mol. The molecule has 1 unspecified atom stereocenters. The van der Waals surface area contributed by atoms with Crippen LogP contribution < -0.4 is 4.74 Å². The lowest BCUT2D eigenvalue weighted by atomic mass is 10.3. The molecular formula is C17H25N2O6PS. The molecule has 0 fully saturated rings. The fourth-order valence-electron chi connectivity index (χ4n) is 1.86. The van der Waals surface area contributed by atoms with Gasteiger partial charge in [0.2, 0.25) is 0 Å². The summed E-state index contributed by atoms with van der Waals surface area (Å²) in [5, 5.41) is 0. The van der Waals surface area contributed by atoms with E-state index in [-0.39, 0.29) is 18.3 Å². The summed E-state index contributed by atoms with van der Waals surface area (Å²) >= 11 is 0.957. The number of carbonyl (C=O) groups excluding carboxylic acids is 3. The van der Waals surface area contributed by atoms with Gasteiger partial charge in [0, 0.05) is 27.0 Å². The van der Waals surface area contributed by atoms with E-state index in [1.807, 2.05) is 13.8 Å². The van der Waals surface area contributed by atoms with Gasteiger partial charge in [0.15, 0.2) is 0 Å². The summed E-state index contributed by atoms with van der Waals surface area (Å²) in [5.41, 5.74) is 0. The molecule has 0 N–H and O–H groups in total. The van der Waals surface area contributed by atoms with Crippen molar-refractivity contribution in [3.8, 4) is 5.75 Å². The van der Waals surface area contributed by atoms with Gasteiger partial charge in [-0.05, 0) is 18.1 Å². The number of hydrogen-bond donors (Lipinski definition) is 0. The first kappa shape index (κ1) is 23.2. The number of benzene rings is 1. The van der Waals surface area contributed by atoms with E-state index in [9.17, 15) is 18.9 Å². The second kappa shape index (κ2) is 10.5. The Bertz CT molecular complexity index is 713. The molecule has 2 amide bonds. The van der Waals surface area contributed by atoms with Gasteiger partial charge in [-0.1, -0.05) is 43.4 Å². The highest BCUT2D eigenvalue weighted by atomic mass is 32.7. The highest BCUT2D eigenvalue weighted by molar-refractivity contribution is 8.56. The Morgan fingerprint density at radius 2 is 1.70 bits per heavy atom. The molecule has 1 aromatic carbocycles. The molecule has 150 valence electrons. The zero-order chi connectivity index (χ0) is 20.6. The Balaban J connectivity index is 3.04. The first-order valence-electron chi connectivity index (χ1n) is 8.19. The maximum atomic E-state index is 13.5. The van der Waals surface area contributed by atoms with Crippen LogP contribution in [0.5, 0.6) is 5.75 Å². The lowest BCUT2D eigenvalue weighted by Crippen LogP contribution is -2.39. The van der Waals surface area contributed by atoms with E-state index in [1.54, 1.807) is 18.2 Å². The molecule has 27 heavy (non-hydrogen) atoms. The van der Waals surface area contributed by atoms with Crippen LogP contribution in [0.2, 0.25) is 0 Å². The van der Waals surface area contributed by atoms with Crippen LogP contribution in [-0.4, -0.2) is 60.7 Å². The molecule has 0 spiro atoms. The van der Waals surface area contributed by atoms with E-state index in [4.69, 9.17) is 9.47 Å². The average Bonchev–Trinajstić information content (AvgIpc) is 2.65. The van der Waals surface area contributed by atoms with Crippen LogP contribution in [0.4, 0.5) is 0 Å². The second-order valence-corrected chi connectivity index (χ2v) is 11.0. The van der Waals surface area contributed by atoms with Crippen LogP contribution in [0.15, 0.2) is 30.3 Å². The highest BCUT2D eigenvalue weighted by Gasteiger charge is 2.42. The molecule has 1 aromatic rings. The fraction of sp³-hybridized carbons (Fsp3) is 0.471. The number of esters is 1. The van der Waals surface area contributed by atoms with Crippen molar-refractivity contribution in [2.75, 3.05) is 33.6 Å². The number of rotatable bonds is 8. The molecule has 0 aromatic heterocycles. The van der Waals surface area contributed by atoms with Gasteiger partial charge in [0.05, 0.1) is 0 Å². The van der Waals surface area contributed by atoms with E-state index >= 15 is 0 Å². The molecular weight excluding hydrogens is 391 g/mol. The number of para-hydroxylation sites is 1. The third-order valence-electron chi connectivity index (χ3n) is 3.39. The predicted molar refractivity (Wildman–Crippen MR) is 104 cm³/mol. The summed E-state index contributed by atoms with van der Waals surface area (Å²) in [7, 11) is 3.88. The lowest BCUT2D eigenvalue weighted by Gasteiger charge is -2.33. The summed E-state index contributed by atoms with van der Waals surface area (Å²) < 4.78 is 25.1. The van der Waals surface area contributed by atoms with Gasteiger partial charge in [-0.2, -0.15) is 0 Å². The van der Waals surface area contributed by atoms with Gasteiger partial charge in [-0.3, -0.25) is 23.5 Å². The van der Waals surface area contributed by atoms with E-state index in [0.29, 0.717) is 5.75 Å². The summed E-state index contributed by atoms with van der Waals surface area (Å²) in [5.74, 6) is -2.06. The Labute approximate surface area is 163 Å². The Morgan fingerprint density at radius 3 is 2.22 bits per heavy atom. The molecule has 0 aliphatic heterocycles. The van der Waals surface area contributed by atoms with Crippen LogP contribution >= 0.6 is 18.0 Å². The van der Waals surface area contributed by atoms with Crippen molar-refractivity contribution in [2.45, 2.75) is 13.8 Å². The molecule has 10 heteroatoms. The quantitative estimate of drug-likeness (QED) is 0.278. The maximum absolute atomic E-state index is 13.5. The smallest absolute Gasteiger partial charge is 0.402 e. The van der Waals surface area contributed by atoms with E-state index in [1.165, 1.54) is 33.3 Å². The summed E-state index contributed by atoms with van der Waals surface area (Å²) in [6, 6.07) is 8.08. The summed E-state index contributed by atoms with van der Waals surface area (Å²) in [6.07, 6.45) is 0. The van der Waals surface area contributed by atoms with Crippen LogP contribution in [0, 0.1) is 5.92 Å². The molecule has 0 radical (unpaired) electrons. The van der Waals surface area contributed by atoms with E-state index in [0.717, 1.165) is 20.7 Å². The second-order valence-electron chi connectivity index (χ2n) is 6.06. The third kappa shape index (κ3) is 6.37. The molecule has 0 aliphatic carbocycles. The Morgan fingerprint density at radius 1 is 1.11 bits per heavy atom. The number of nitrogens with zero attached hydrogens (tertiary/aromatic N) is 2. The lowest BCUT2D eigenvalue weighted by molar-refractivity contribution is -0.151. The van der Waals surface area contributed by atoms with Gasteiger partial charge in [0.25, 0.3) is 5.91 Å². The molecule has 0 saturated carbocycles. The summed E-state index contributed by atoms with van der Waals surface area (Å²) in [4.78, 5) is 36.9. The minimum atomic E-state index is -3.75. The molecule has 8 nitrogen and oxygen atoms in total. The van der Waals surface area contributed by atoms with Crippen LogP contribution in [0.1, 0.15) is 13.8 Å². The molecule has 0 saturated heterocycles. The van der Waals surface area contributed by atoms with Gasteiger partial charge < -0.3 is 9.47 Å². The van der Waals surface area contributed by atoms with E-state index < -0.39 is 24.4 Å². The molecule has 1 rings (SSSR count). The summed E-state index contributed by atoms with van der Waals surface area (Å²) in [6.45, 7) is -0.212. The van der Waals surface area contributed by atoms with Crippen molar-refractivity contribution in [3.05, 3.63) is 30.3 Å². The average molecular weight is 416 g/mol. The first-order chi connectivity index (χ1) is 12.6. The Kier molecular flexibility index (Phi) is 9.02. The molecule has 0 bridgehead atoms. The fourth-order valence-corrected chi connectivity index (χ4v) is 6.77. The van der Waals surface area contributed by atoms with Gasteiger partial charge in [-0.15, -0.1) is 0 Å².